The summed E-state index contributed by atoms with van der Waals surface area (Å²) in [7, 11) is 0. The minimum Gasteiger partial charge on any atom is -0.482 e. The third-order valence-electron chi connectivity index (χ3n) is 5.41. The molecule has 2 aliphatic rings. The maximum atomic E-state index is 12.6. The Bertz CT molecular complexity index is 744. The van der Waals surface area contributed by atoms with E-state index in [2.05, 4.69) is 10.2 Å². The fourth-order valence-corrected chi connectivity index (χ4v) is 3.82. The summed E-state index contributed by atoms with van der Waals surface area (Å²) in [5, 5.41) is 3.34. The number of rotatable bonds is 8. The van der Waals surface area contributed by atoms with Crippen LogP contribution in [0.5, 0.6) is 5.75 Å². The van der Waals surface area contributed by atoms with Crippen LogP contribution < -0.4 is 10.1 Å². The summed E-state index contributed by atoms with van der Waals surface area (Å²) >= 11 is 0. The Morgan fingerprint density at radius 1 is 1.13 bits per heavy atom. The highest BCUT2D eigenvalue weighted by Gasteiger charge is 2.30. The normalized spacial score (nSPS) is 18.5. The van der Waals surface area contributed by atoms with Crippen molar-refractivity contribution in [2.24, 2.45) is 0 Å². The molecular weight excluding hydrogens is 386 g/mol. The molecular formula is C22H31N3O5. The Hall–Kier alpha value is -2.45. The zero-order valence-electron chi connectivity index (χ0n) is 17.8. The SMILES string of the molecule is CC(C)OC(=O)COc1ccc(C(=O)CN2CCN(C3CCNCC3)CC2=O)cc1. The molecule has 0 aliphatic carbocycles. The van der Waals surface area contributed by atoms with Crippen LogP contribution in [-0.2, 0) is 14.3 Å². The first-order valence-corrected chi connectivity index (χ1v) is 10.6. The summed E-state index contributed by atoms with van der Waals surface area (Å²) < 4.78 is 10.4. The maximum absolute atomic E-state index is 12.6. The molecule has 0 unspecified atom stereocenters. The van der Waals surface area contributed by atoms with E-state index in [4.69, 9.17) is 9.47 Å². The second-order valence-electron chi connectivity index (χ2n) is 8.04. The number of ketones is 1. The molecule has 2 heterocycles. The van der Waals surface area contributed by atoms with Crippen LogP contribution in [0.4, 0.5) is 0 Å². The van der Waals surface area contributed by atoms with Crippen LogP contribution in [0.1, 0.15) is 37.0 Å². The van der Waals surface area contributed by atoms with Gasteiger partial charge in [0, 0.05) is 24.7 Å². The number of hydrogen-bond donors (Lipinski definition) is 1. The van der Waals surface area contributed by atoms with Gasteiger partial charge in [-0.3, -0.25) is 14.5 Å². The second-order valence-corrected chi connectivity index (χ2v) is 8.04. The molecule has 8 nitrogen and oxygen atoms in total. The largest absolute Gasteiger partial charge is 0.482 e. The topological polar surface area (TPSA) is 88.2 Å². The average Bonchev–Trinajstić information content (AvgIpc) is 2.74. The Kier molecular flexibility index (Phi) is 7.81. The van der Waals surface area contributed by atoms with Gasteiger partial charge < -0.3 is 19.7 Å². The molecule has 2 saturated heterocycles. The maximum Gasteiger partial charge on any atom is 0.344 e. The number of Topliss-reactive ketones (excluding diaryl/α,β-unsaturated/α-hetero) is 1. The first-order valence-electron chi connectivity index (χ1n) is 10.6. The third-order valence-corrected chi connectivity index (χ3v) is 5.41. The number of benzene rings is 1. The van der Waals surface area contributed by atoms with Crippen molar-refractivity contribution in [2.75, 3.05) is 45.9 Å². The first kappa shape index (κ1) is 22.2. The molecule has 1 amide bonds. The van der Waals surface area contributed by atoms with Crippen molar-refractivity contribution >= 4 is 17.7 Å². The first-order chi connectivity index (χ1) is 14.4. The Balaban J connectivity index is 1.46. The van der Waals surface area contributed by atoms with Gasteiger partial charge in [0.05, 0.1) is 19.2 Å². The fraction of sp³-hybridized carbons (Fsp3) is 0.591. The number of ether oxygens (including phenoxy) is 2. The minimum atomic E-state index is -0.438. The lowest BCUT2D eigenvalue weighted by Gasteiger charge is -2.40. The summed E-state index contributed by atoms with van der Waals surface area (Å²) in [6.45, 7) is 7.22. The highest BCUT2D eigenvalue weighted by Crippen LogP contribution is 2.17. The van der Waals surface area contributed by atoms with Crippen LogP contribution >= 0.6 is 0 Å². The number of piperazine rings is 1. The van der Waals surface area contributed by atoms with E-state index in [1.807, 2.05) is 0 Å². The number of esters is 1. The van der Waals surface area contributed by atoms with Crippen molar-refractivity contribution in [3.05, 3.63) is 29.8 Å². The quantitative estimate of drug-likeness (QED) is 0.500. The summed E-state index contributed by atoms with van der Waals surface area (Å²) in [6.07, 6.45) is 1.94. The van der Waals surface area contributed by atoms with E-state index >= 15 is 0 Å². The van der Waals surface area contributed by atoms with E-state index in [0.29, 0.717) is 30.4 Å². The standard InChI is InChI=1S/C22H31N3O5/c1-16(2)30-22(28)15-29-19-5-3-17(4-6-19)20(26)13-25-12-11-24(14-21(25)27)18-7-9-23-10-8-18/h3-6,16,18,23H,7-15H2,1-2H3. The number of amides is 1. The molecule has 0 bridgehead atoms. The third kappa shape index (κ3) is 6.27. The van der Waals surface area contributed by atoms with Crippen molar-refractivity contribution in [3.8, 4) is 5.75 Å². The molecule has 2 aliphatic heterocycles. The van der Waals surface area contributed by atoms with Crippen molar-refractivity contribution in [1.29, 1.82) is 0 Å². The lowest BCUT2D eigenvalue weighted by atomic mass is 10.0. The number of carbonyl (C=O) groups is 3. The van der Waals surface area contributed by atoms with Crippen LogP contribution in [0, 0.1) is 0 Å². The van der Waals surface area contributed by atoms with Gasteiger partial charge in [0.15, 0.2) is 12.4 Å². The molecule has 30 heavy (non-hydrogen) atoms. The molecule has 1 aromatic carbocycles. The van der Waals surface area contributed by atoms with Gasteiger partial charge in [-0.15, -0.1) is 0 Å². The van der Waals surface area contributed by atoms with E-state index in [0.717, 1.165) is 32.5 Å². The molecule has 1 N–H and O–H groups in total. The summed E-state index contributed by atoms with van der Waals surface area (Å²) in [5.74, 6) is -0.0487. The van der Waals surface area contributed by atoms with Gasteiger partial charge in [-0.25, -0.2) is 4.79 Å². The lowest BCUT2D eigenvalue weighted by Crippen LogP contribution is -2.56. The van der Waals surface area contributed by atoms with Crippen molar-refractivity contribution < 1.29 is 23.9 Å². The molecule has 0 saturated carbocycles. The molecule has 164 valence electrons. The summed E-state index contributed by atoms with van der Waals surface area (Å²) in [5.41, 5.74) is 0.515. The van der Waals surface area contributed by atoms with E-state index in [1.165, 1.54) is 0 Å². The summed E-state index contributed by atoms with van der Waals surface area (Å²) in [6, 6.07) is 7.06. The van der Waals surface area contributed by atoms with Gasteiger partial charge in [0.1, 0.15) is 5.75 Å². The predicted octanol–water partition coefficient (Wildman–Crippen LogP) is 1.10. The molecule has 0 aromatic heterocycles. The zero-order chi connectivity index (χ0) is 21.5. The number of carbonyl (C=O) groups excluding carboxylic acids is 3. The van der Waals surface area contributed by atoms with Crippen molar-refractivity contribution in [1.82, 2.24) is 15.1 Å². The molecule has 0 spiro atoms. The van der Waals surface area contributed by atoms with E-state index in [1.54, 1.807) is 43.0 Å². The van der Waals surface area contributed by atoms with Gasteiger partial charge in [-0.1, -0.05) is 0 Å². The highest BCUT2D eigenvalue weighted by molar-refractivity contribution is 5.99. The zero-order valence-corrected chi connectivity index (χ0v) is 17.8. The number of hydrogen-bond acceptors (Lipinski definition) is 7. The average molecular weight is 418 g/mol. The van der Waals surface area contributed by atoms with E-state index in [9.17, 15) is 14.4 Å². The minimum absolute atomic E-state index is 0.0109. The monoisotopic (exact) mass is 417 g/mol. The van der Waals surface area contributed by atoms with E-state index in [-0.39, 0.29) is 30.9 Å². The van der Waals surface area contributed by atoms with Gasteiger partial charge in [-0.2, -0.15) is 0 Å². The van der Waals surface area contributed by atoms with Crippen LogP contribution in [0.2, 0.25) is 0 Å². The molecule has 0 radical (unpaired) electrons. The number of nitrogens with one attached hydrogen (secondary N) is 1. The fourth-order valence-electron chi connectivity index (χ4n) is 3.82. The van der Waals surface area contributed by atoms with Gasteiger partial charge in [-0.05, 0) is 64.0 Å². The molecule has 3 rings (SSSR count). The molecule has 8 heteroatoms. The van der Waals surface area contributed by atoms with E-state index < -0.39 is 5.97 Å². The van der Waals surface area contributed by atoms with Crippen LogP contribution in [0.15, 0.2) is 24.3 Å². The Morgan fingerprint density at radius 2 is 1.83 bits per heavy atom. The van der Waals surface area contributed by atoms with Crippen LogP contribution in [0.3, 0.4) is 0 Å². The predicted molar refractivity (Wildman–Crippen MR) is 112 cm³/mol. The van der Waals surface area contributed by atoms with Crippen LogP contribution in [0.25, 0.3) is 0 Å². The second kappa shape index (κ2) is 10.5. The Labute approximate surface area is 177 Å². The van der Waals surface area contributed by atoms with Gasteiger partial charge >= 0.3 is 5.97 Å². The highest BCUT2D eigenvalue weighted by atomic mass is 16.6. The Morgan fingerprint density at radius 3 is 2.47 bits per heavy atom. The number of nitrogens with zero attached hydrogens (tertiary/aromatic N) is 2. The molecule has 1 aromatic rings. The summed E-state index contributed by atoms with van der Waals surface area (Å²) in [4.78, 5) is 40.6. The molecule has 0 atom stereocenters. The number of piperidine rings is 1. The van der Waals surface area contributed by atoms with Crippen molar-refractivity contribution in [3.63, 3.8) is 0 Å². The lowest BCUT2D eigenvalue weighted by molar-refractivity contribution is -0.149. The van der Waals surface area contributed by atoms with Gasteiger partial charge in [0.2, 0.25) is 5.91 Å². The molecule has 2 fully saturated rings. The smallest absolute Gasteiger partial charge is 0.344 e. The van der Waals surface area contributed by atoms with Crippen LogP contribution in [-0.4, -0.2) is 85.5 Å². The van der Waals surface area contributed by atoms with Gasteiger partial charge in [0.25, 0.3) is 0 Å². The van der Waals surface area contributed by atoms with Crippen molar-refractivity contribution in [2.45, 2.75) is 38.8 Å².